The maximum atomic E-state index is 12.4. The number of likely N-dealkylation sites (tertiary alicyclic amines) is 1. The number of carbonyl (C=O) groups excluding carboxylic acids is 1. The van der Waals surface area contributed by atoms with E-state index >= 15 is 0 Å². The Morgan fingerprint density at radius 1 is 1.31 bits per heavy atom. The van der Waals surface area contributed by atoms with Crippen molar-refractivity contribution in [1.82, 2.24) is 15.1 Å². The van der Waals surface area contributed by atoms with E-state index in [-0.39, 0.29) is 18.6 Å². The molecule has 1 heterocycles. The van der Waals surface area contributed by atoms with Crippen molar-refractivity contribution < 1.29 is 14.7 Å². The van der Waals surface area contributed by atoms with Crippen LogP contribution in [-0.2, 0) is 11.3 Å². The van der Waals surface area contributed by atoms with Crippen LogP contribution >= 0.6 is 0 Å². The molecule has 0 aliphatic carbocycles. The molecule has 0 bridgehead atoms. The van der Waals surface area contributed by atoms with Crippen molar-refractivity contribution >= 4 is 12.0 Å². The van der Waals surface area contributed by atoms with Crippen molar-refractivity contribution in [3.05, 3.63) is 35.4 Å². The first-order valence-electron chi connectivity index (χ1n) is 9.48. The highest BCUT2D eigenvalue weighted by atomic mass is 16.4. The summed E-state index contributed by atoms with van der Waals surface area (Å²) in [5.74, 6) is -0.326. The summed E-state index contributed by atoms with van der Waals surface area (Å²) in [7, 11) is 0. The molecule has 2 rings (SSSR count). The summed E-state index contributed by atoms with van der Waals surface area (Å²) >= 11 is 0. The second-order valence-electron chi connectivity index (χ2n) is 7.23. The van der Waals surface area contributed by atoms with Crippen LogP contribution in [0.4, 0.5) is 4.79 Å². The molecule has 0 spiro atoms. The molecule has 6 heteroatoms. The highest BCUT2D eigenvalue weighted by Gasteiger charge is 2.27. The van der Waals surface area contributed by atoms with Crippen molar-refractivity contribution in [2.24, 2.45) is 0 Å². The SMILES string of the molecule is CCN(CC(=O)O)C1CCN(C(=O)NCc2cccc(C(C)C)c2)CC1. The second kappa shape index (κ2) is 9.57. The Labute approximate surface area is 156 Å². The fraction of sp³-hybridized carbons (Fsp3) is 0.600. The maximum Gasteiger partial charge on any atom is 0.317 e. The van der Waals surface area contributed by atoms with E-state index < -0.39 is 5.97 Å². The number of urea groups is 1. The number of hydrogen-bond acceptors (Lipinski definition) is 3. The van der Waals surface area contributed by atoms with Gasteiger partial charge >= 0.3 is 12.0 Å². The first-order chi connectivity index (χ1) is 12.4. The largest absolute Gasteiger partial charge is 0.480 e. The van der Waals surface area contributed by atoms with E-state index in [1.165, 1.54) is 5.56 Å². The fourth-order valence-corrected chi connectivity index (χ4v) is 3.46. The average Bonchev–Trinajstić information content (AvgIpc) is 2.64. The van der Waals surface area contributed by atoms with Gasteiger partial charge in [0.2, 0.25) is 0 Å². The van der Waals surface area contributed by atoms with E-state index in [0.717, 1.165) is 24.9 Å². The lowest BCUT2D eigenvalue weighted by Crippen LogP contribution is -2.50. The molecule has 0 saturated carbocycles. The van der Waals surface area contributed by atoms with E-state index in [4.69, 9.17) is 5.11 Å². The Morgan fingerprint density at radius 2 is 2.00 bits per heavy atom. The van der Waals surface area contributed by atoms with Gasteiger partial charge in [-0.25, -0.2) is 4.79 Å². The van der Waals surface area contributed by atoms with Crippen LogP contribution in [0.1, 0.15) is 50.7 Å². The lowest BCUT2D eigenvalue weighted by atomic mass is 10.0. The molecule has 1 aromatic carbocycles. The molecular weight excluding hydrogens is 330 g/mol. The summed E-state index contributed by atoms with van der Waals surface area (Å²) < 4.78 is 0. The molecule has 6 nitrogen and oxygen atoms in total. The van der Waals surface area contributed by atoms with Crippen molar-refractivity contribution in [2.45, 2.75) is 52.1 Å². The zero-order valence-electron chi connectivity index (χ0n) is 16.1. The molecule has 2 N–H and O–H groups in total. The molecular formula is C20H31N3O3. The van der Waals surface area contributed by atoms with Gasteiger partial charge in [0.05, 0.1) is 6.54 Å². The fourth-order valence-electron chi connectivity index (χ4n) is 3.46. The molecule has 0 unspecified atom stereocenters. The standard InChI is InChI=1S/C20H31N3O3/c1-4-22(14-19(24)25)18-8-10-23(11-9-18)20(26)21-13-16-6-5-7-17(12-16)15(2)3/h5-7,12,15,18H,4,8-11,13-14H2,1-3H3,(H,21,26)(H,24,25). The van der Waals surface area contributed by atoms with Crippen LogP contribution in [0, 0.1) is 0 Å². The van der Waals surface area contributed by atoms with Gasteiger partial charge in [-0.05, 0) is 36.4 Å². The zero-order valence-corrected chi connectivity index (χ0v) is 16.1. The summed E-state index contributed by atoms with van der Waals surface area (Å²) in [6.07, 6.45) is 1.63. The number of amides is 2. The van der Waals surface area contributed by atoms with Crippen molar-refractivity contribution in [3.63, 3.8) is 0 Å². The van der Waals surface area contributed by atoms with Crippen LogP contribution in [0.15, 0.2) is 24.3 Å². The van der Waals surface area contributed by atoms with Gasteiger partial charge in [0.25, 0.3) is 0 Å². The van der Waals surface area contributed by atoms with Crippen LogP contribution in [-0.4, -0.2) is 59.1 Å². The molecule has 1 fully saturated rings. The lowest BCUT2D eigenvalue weighted by molar-refractivity contribution is -0.139. The van der Waals surface area contributed by atoms with E-state index in [9.17, 15) is 9.59 Å². The third kappa shape index (κ3) is 5.73. The third-order valence-corrected chi connectivity index (χ3v) is 5.07. The van der Waals surface area contributed by atoms with Crippen LogP contribution in [0.25, 0.3) is 0 Å². The van der Waals surface area contributed by atoms with E-state index in [1.54, 1.807) is 0 Å². The number of nitrogens with one attached hydrogen (secondary N) is 1. The molecule has 144 valence electrons. The number of carboxylic acid groups (broad SMARTS) is 1. The van der Waals surface area contributed by atoms with Crippen LogP contribution in [0.3, 0.4) is 0 Å². The number of benzene rings is 1. The summed E-state index contributed by atoms with van der Waals surface area (Å²) in [6.45, 7) is 8.94. The third-order valence-electron chi connectivity index (χ3n) is 5.07. The van der Waals surface area contributed by atoms with Crippen molar-refractivity contribution in [2.75, 3.05) is 26.2 Å². The first kappa shape index (κ1) is 20.2. The zero-order chi connectivity index (χ0) is 19.1. The van der Waals surface area contributed by atoms with Gasteiger partial charge in [-0.15, -0.1) is 0 Å². The Hall–Kier alpha value is -2.08. The highest BCUT2D eigenvalue weighted by molar-refractivity contribution is 5.74. The molecule has 0 radical (unpaired) electrons. The minimum atomic E-state index is -0.796. The number of hydrogen-bond donors (Lipinski definition) is 2. The summed E-state index contributed by atoms with van der Waals surface area (Å²) in [6, 6.07) is 8.51. The monoisotopic (exact) mass is 361 g/mol. The summed E-state index contributed by atoms with van der Waals surface area (Å²) in [4.78, 5) is 27.2. The minimum Gasteiger partial charge on any atom is -0.480 e. The van der Waals surface area contributed by atoms with E-state index in [2.05, 4.69) is 31.3 Å². The number of nitrogens with zero attached hydrogens (tertiary/aromatic N) is 2. The average molecular weight is 361 g/mol. The molecule has 1 saturated heterocycles. The minimum absolute atomic E-state index is 0.0420. The normalized spacial score (nSPS) is 15.5. The number of aliphatic carboxylic acids is 1. The Bertz CT molecular complexity index is 610. The number of carbonyl (C=O) groups is 2. The van der Waals surface area contributed by atoms with Crippen LogP contribution < -0.4 is 5.32 Å². The molecule has 1 aliphatic rings. The van der Waals surface area contributed by atoms with Gasteiger partial charge in [-0.1, -0.05) is 45.0 Å². The number of carboxylic acids is 1. The summed E-state index contributed by atoms with van der Waals surface area (Å²) in [5, 5.41) is 12.0. The predicted molar refractivity (Wildman–Crippen MR) is 102 cm³/mol. The topological polar surface area (TPSA) is 72.9 Å². The molecule has 26 heavy (non-hydrogen) atoms. The molecule has 0 aromatic heterocycles. The van der Waals surface area contributed by atoms with Gasteiger partial charge in [0.15, 0.2) is 0 Å². The van der Waals surface area contributed by atoms with Crippen molar-refractivity contribution in [1.29, 1.82) is 0 Å². The molecule has 0 atom stereocenters. The second-order valence-corrected chi connectivity index (χ2v) is 7.23. The quantitative estimate of drug-likeness (QED) is 0.783. The predicted octanol–water partition coefficient (Wildman–Crippen LogP) is 2.89. The maximum absolute atomic E-state index is 12.4. The number of piperidine rings is 1. The Balaban J connectivity index is 1.81. The van der Waals surface area contributed by atoms with E-state index in [1.807, 2.05) is 28.9 Å². The highest BCUT2D eigenvalue weighted by Crippen LogP contribution is 2.17. The van der Waals surface area contributed by atoms with Crippen LogP contribution in [0.5, 0.6) is 0 Å². The lowest BCUT2D eigenvalue weighted by Gasteiger charge is -2.37. The molecule has 2 amide bonds. The van der Waals surface area contributed by atoms with Gasteiger partial charge in [-0.2, -0.15) is 0 Å². The van der Waals surface area contributed by atoms with Gasteiger partial charge in [0, 0.05) is 25.7 Å². The Morgan fingerprint density at radius 3 is 2.58 bits per heavy atom. The van der Waals surface area contributed by atoms with Crippen LogP contribution in [0.2, 0.25) is 0 Å². The van der Waals surface area contributed by atoms with Gasteiger partial charge < -0.3 is 15.3 Å². The molecule has 1 aliphatic heterocycles. The van der Waals surface area contributed by atoms with Gasteiger partial charge in [0.1, 0.15) is 0 Å². The Kier molecular flexibility index (Phi) is 7.45. The first-order valence-corrected chi connectivity index (χ1v) is 9.48. The van der Waals surface area contributed by atoms with Gasteiger partial charge in [-0.3, -0.25) is 9.69 Å². The van der Waals surface area contributed by atoms with E-state index in [0.29, 0.717) is 25.6 Å². The molecule has 1 aromatic rings. The number of likely N-dealkylation sites (N-methyl/N-ethyl adjacent to an activating group) is 1. The summed E-state index contributed by atoms with van der Waals surface area (Å²) in [5.41, 5.74) is 2.38. The smallest absolute Gasteiger partial charge is 0.317 e. The number of rotatable bonds is 7. The van der Waals surface area contributed by atoms with Crippen molar-refractivity contribution in [3.8, 4) is 0 Å².